The number of rotatable bonds is 8. The standard InChI is InChI=1S/C35H39F2N7O4S/c1-18(46)11-43-12-19-4-5-20(13-43)44(19)33-28-23-15-47-14-22(23)27(29-24(36)6-7-25-26(29)21(10-38)32(39)49-25)30(37)31(28)40-34(41-33)48-17-35(16-45)8-3-9-42(35)2/h6-7,18-20,45-46H,3-5,8-9,11-17,39H2,1-2H3/t18-,19?,20?,35?/m1/s1. The van der Waals surface area contributed by atoms with Gasteiger partial charge in [-0.2, -0.15) is 15.2 Å². The van der Waals surface area contributed by atoms with Crippen molar-refractivity contribution in [1.82, 2.24) is 19.8 Å². The van der Waals surface area contributed by atoms with E-state index in [-0.39, 0.29) is 77.1 Å². The van der Waals surface area contributed by atoms with Crippen molar-refractivity contribution in [1.29, 1.82) is 5.26 Å². The first-order chi connectivity index (χ1) is 23.6. The fraction of sp³-hybridized carbons (Fsp3) is 0.514. The fourth-order valence-corrected chi connectivity index (χ4v) is 9.53. The topological polar surface area (TPSA) is 144 Å². The van der Waals surface area contributed by atoms with E-state index >= 15 is 8.78 Å². The molecule has 4 aliphatic heterocycles. The van der Waals surface area contributed by atoms with Gasteiger partial charge in [-0.25, -0.2) is 8.78 Å². The molecule has 0 amide bonds. The molecule has 4 atom stereocenters. The number of aliphatic hydroxyl groups is 2. The SMILES string of the molecule is C[C@@H](O)CN1CC2CCC(C1)N2c1nc(OCC2(CO)CCCN2C)nc2c(F)c(-c3c(F)ccc4sc(N)c(C#N)c34)c3c(c12)COC3. The predicted molar refractivity (Wildman–Crippen MR) is 182 cm³/mol. The van der Waals surface area contributed by atoms with E-state index in [9.17, 15) is 15.5 Å². The van der Waals surface area contributed by atoms with E-state index in [0.717, 1.165) is 43.6 Å². The molecule has 49 heavy (non-hydrogen) atoms. The number of hydrogen-bond acceptors (Lipinski definition) is 12. The Morgan fingerprint density at radius 3 is 2.59 bits per heavy atom. The highest BCUT2D eigenvalue weighted by molar-refractivity contribution is 7.23. The summed E-state index contributed by atoms with van der Waals surface area (Å²) in [4.78, 5) is 16.3. The van der Waals surface area contributed by atoms with Crippen LogP contribution in [0.25, 0.3) is 32.1 Å². The Bertz CT molecular complexity index is 2000. The van der Waals surface area contributed by atoms with Gasteiger partial charge in [0.2, 0.25) is 0 Å². The van der Waals surface area contributed by atoms with Crippen LogP contribution in [-0.4, -0.2) is 100 Å². The van der Waals surface area contributed by atoms with Crippen molar-refractivity contribution < 1.29 is 28.5 Å². The second-order valence-corrected chi connectivity index (χ2v) is 15.1. The van der Waals surface area contributed by atoms with Crippen LogP contribution >= 0.6 is 11.3 Å². The number of nitriles is 1. The fourth-order valence-electron chi connectivity index (χ4n) is 8.60. The molecule has 8 rings (SSSR count). The van der Waals surface area contributed by atoms with Gasteiger partial charge < -0.3 is 30.3 Å². The largest absolute Gasteiger partial charge is 0.461 e. The number of likely N-dealkylation sites (N-methyl/N-ethyl adjacent to an activating group) is 1. The molecule has 258 valence electrons. The molecule has 2 aromatic carbocycles. The maximum absolute atomic E-state index is 17.5. The first kappa shape index (κ1) is 32.5. The van der Waals surface area contributed by atoms with Crippen molar-refractivity contribution in [3.05, 3.63) is 40.5 Å². The summed E-state index contributed by atoms with van der Waals surface area (Å²) in [5, 5.41) is 31.5. The number of piperazine rings is 1. The van der Waals surface area contributed by atoms with E-state index < -0.39 is 23.3 Å². The van der Waals surface area contributed by atoms with Crippen molar-refractivity contribution in [2.24, 2.45) is 0 Å². The van der Waals surface area contributed by atoms with Crippen LogP contribution in [0.1, 0.15) is 49.3 Å². The van der Waals surface area contributed by atoms with Gasteiger partial charge in [-0.1, -0.05) is 0 Å². The van der Waals surface area contributed by atoms with Gasteiger partial charge in [0, 0.05) is 52.9 Å². The van der Waals surface area contributed by atoms with Crippen molar-refractivity contribution in [3.8, 4) is 23.2 Å². The van der Waals surface area contributed by atoms with Crippen LogP contribution in [0.2, 0.25) is 0 Å². The summed E-state index contributed by atoms with van der Waals surface area (Å²) >= 11 is 1.16. The summed E-state index contributed by atoms with van der Waals surface area (Å²) in [6.45, 7) is 4.78. The zero-order valence-electron chi connectivity index (χ0n) is 27.5. The van der Waals surface area contributed by atoms with Crippen LogP contribution < -0.4 is 15.4 Å². The third-order valence-corrected chi connectivity index (χ3v) is 12.0. The van der Waals surface area contributed by atoms with E-state index in [2.05, 4.69) is 25.8 Å². The quantitative estimate of drug-likeness (QED) is 0.245. The van der Waals surface area contributed by atoms with E-state index in [1.807, 2.05) is 7.05 Å². The van der Waals surface area contributed by atoms with E-state index in [0.29, 0.717) is 46.7 Å². The molecule has 6 heterocycles. The van der Waals surface area contributed by atoms with Crippen LogP contribution in [0.4, 0.5) is 19.6 Å². The number of aliphatic hydroxyl groups excluding tert-OH is 2. The van der Waals surface area contributed by atoms with Crippen LogP contribution in [0.3, 0.4) is 0 Å². The van der Waals surface area contributed by atoms with Gasteiger partial charge in [0.25, 0.3) is 0 Å². The van der Waals surface area contributed by atoms with Gasteiger partial charge in [0.05, 0.1) is 42.4 Å². The molecule has 14 heteroatoms. The lowest BCUT2D eigenvalue weighted by Gasteiger charge is -2.42. The summed E-state index contributed by atoms with van der Waals surface area (Å²) in [6.07, 6.45) is 2.99. The lowest BCUT2D eigenvalue weighted by molar-refractivity contribution is 0.0363. The van der Waals surface area contributed by atoms with E-state index in [1.165, 1.54) is 6.07 Å². The number of aromatic nitrogens is 2. The number of halogens is 2. The molecule has 0 saturated carbocycles. The normalized spacial score (nSPS) is 24.6. The Labute approximate surface area is 286 Å². The number of nitrogens with zero attached hydrogens (tertiary/aromatic N) is 6. The van der Waals surface area contributed by atoms with Crippen LogP contribution in [0, 0.1) is 23.0 Å². The van der Waals surface area contributed by atoms with Crippen molar-refractivity contribution in [2.75, 3.05) is 57.1 Å². The molecule has 3 unspecified atom stereocenters. The van der Waals surface area contributed by atoms with Gasteiger partial charge in [-0.05, 0) is 69.5 Å². The number of thiophene rings is 1. The number of anilines is 2. The minimum Gasteiger partial charge on any atom is -0.461 e. The van der Waals surface area contributed by atoms with Gasteiger partial charge in [0.15, 0.2) is 5.82 Å². The summed E-state index contributed by atoms with van der Waals surface area (Å²) in [5.74, 6) is -0.880. The molecule has 0 aliphatic carbocycles. The van der Waals surface area contributed by atoms with E-state index in [1.54, 1.807) is 13.0 Å². The Balaban J connectivity index is 1.35. The molecule has 3 saturated heterocycles. The van der Waals surface area contributed by atoms with E-state index in [4.69, 9.17) is 20.2 Å². The number of β-amino-alcohol motifs (C(OH)–C–C–N with tert-alkyl or cyclic N) is 1. The predicted octanol–water partition coefficient (Wildman–Crippen LogP) is 4.14. The number of nitrogen functional groups attached to an aromatic ring is 1. The molecule has 0 radical (unpaired) electrons. The summed E-state index contributed by atoms with van der Waals surface area (Å²) in [5.41, 5.74) is 6.80. The summed E-state index contributed by atoms with van der Waals surface area (Å²) in [7, 11) is 1.95. The molecular formula is C35H39F2N7O4S. The molecule has 11 nitrogen and oxygen atoms in total. The van der Waals surface area contributed by atoms with Crippen molar-refractivity contribution in [3.63, 3.8) is 0 Å². The van der Waals surface area contributed by atoms with Crippen LogP contribution in [0.15, 0.2) is 12.1 Å². The first-order valence-corrected chi connectivity index (χ1v) is 17.6. The first-order valence-electron chi connectivity index (χ1n) is 16.8. The second kappa shape index (κ2) is 12.3. The monoisotopic (exact) mass is 691 g/mol. The van der Waals surface area contributed by atoms with Crippen molar-refractivity contribution in [2.45, 2.75) is 69.5 Å². The average Bonchev–Trinajstić information content (AvgIpc) is 3.84. The number of nitrogens with two attached hydrogens (primary N) is 1. The van der Waals surface area contributed by atoms with Gasteiger partial charge in [0.1, 0.15) is 34.8 Å². The molecule has 2 aromatic heterocycles. The Kier molecular flexibility index (Phi) is 8.13. The molecular weight excluding hydrogens is 652 g/mol. The summed E-state index contributed by atoms with van der Waals surface area (Å²) in [6, 6.07) is 5.03. The number of likely N-dealkylation sites (tertiary alicyclic amines) is 2. The second-order valence-electron chi connectivity index (χ2n) is 14.0. The zero-order chi connectivity index (χ0) is 34.2. The van der Waals surface area contributed by atoms with Gasteiger partial charge >= 0.3 is 6.01 Å². The Morgan fingerprint density at radius 2 is 1.92 bits per heavy atom. The summed E-state index contributed by atoms with van der Waals surface area (Å²) < 4.78 is 46.3. The number of ether oxygens (including phenoxy) is 2. The maximum atomic E-state index is 17.5. The molecule has 4 N–H and O–H groups in total. The minimum absolute atomic E-state index is 0.0000735. The molecule has 2 bridgehead atoms. The Hall–Kier alpha value is -3.71. The lowest BCUT2D eigenvalue weighted by Crippen LogP contribution is -2.55. The maximum Gasteiger partial charge on any atom is 0.319 e. The van der Waals surface area contributed by atoms with Gasteiger partial charge in [-0.3, -0.25) is 9.80 Å². The Morgan fingerprint density at radius 1 is 1.16 bits per heavy atom. The third-order valence-electron chi connectivity index (χ3n) is 11.0. The van der Waals surface area contributed by atoms with Crippen LogP contribution in [-0.2, 0) is 18.0 Å². The van der Waals surface area contributed by atoms with Crippen LogP contribution in [0.5, 0.6) is 6.01 Å². The highest BCUT2D eigenvalue weighted by Crippen LogP contribution is 2.49. The average molecular weight is 692 g/mol. The number of benzene rings is 2. The molecule has 0 spiro atoms. The smallest absolute Gasteiger partial charge is 0.319 e. The molecule has 4 aromatic rings. The highest BCUT2D eigenvalue weighted by atomic mass is 32.1. The molecule has 3 fully saturated rings. The third kappa shape index (κ3) is 5.13. The molecule has 4 aliphatic rings. The number of fused-ring (bicyclic) bond motifs is 6. The number of hydrogen-bond donors (Lipinski definition) is 3. The lowest BCUT2D eigenvalue weighted by atomic mass is 9.90. The van der Waals surface area contributed by atoms with Gasteiger partial charge in [-0.15, -0.1) is 11.3 Å². The highest BCUT2D eigenvalue weighted by Gasteiger charge is 2.44. The zero-order valence-corrected chi connectivity index (χ0v) is 28.3. The minimum atomic E-state index is -0.747. The van der Waals surface area contributed by atoms with Crippen molar-refractivity contribution >= 4 is 43.1 Å².